The summed E-state index contributed by atoms with van der Waals surface area (Å²) in [6.07, 6.45) is 1.32. The summed E-state index contributed by atoms with van der Waals surface area (Å²) in [5, 5.41) is 4.03. The molecule has 0 spiro atoms. The van der Waals surface area contributed by atoms with Crippen molar-refractivity contribution in [3.8, 4) is 0 Å². The molecule has 0 saturated carbocycles. The van der Waals surface area contributed by atoms with Crippen molar-refractivity contribution < 1.29 is 27.2 Å². The number of carbonyl (C=O) groups is 1. The van der Waals surface area contributed by atoms with E-state index in [1.165, 1.54) is 13.8 Å². The van der Waals surface area contributed by atoms with E-state index in [9.17, 15) is 13.2 Å². The summed E-state index contributed by atoms with van der Waals surface area (Å²) < 4.78 is 40.0. The number of sulfone groups is 1. The van der Waals surface area contributed by atoms with Crippen molar-refractivity contribution in [2.75, 3.05) is 32.7 Å². The lowest BCUT2D eigenvalue weighted by Crippen LogP contribution is -2.44. The standard InChI is InChI=1S/C19H31NO6S/c1-18(2,13-24-5)16-10-15(26-20-16)11-17(21)19(3,4)27(22,23)12-14-6-8-25-9-7-14/h10,14H,6-9,11-13H2,1-5H3. The SMILES string of the molecule is COCC(C)(C)c1cc(CC(=O)C(C)(C)S(=O)(=O)CC2CCOCC2)on1. The summed E-state index contributed by atoms with van der Waals surface area (Å²) in [4.78, 5) is 12.8. The van der Waals surface area contributed by atoms with Gasteiger partial charge >= 0.3 is 0 Å². The van der Waals surface area contributed by atoms with E-state index >= 15 is 0 Å². The van der Waals surface area contributed by atoms with E-state index in [0.29, 0.717) is 44.1 Å². The molecule has 0 aromatic carbocycles. The van der Waals surface area contributed by atoms with Gasteiger partial charge < -0.3 is 14.0 Å². The van der Waals surface area contributed by atoms with Crippen LogP contribution in [0.4, 0.5) is 0 Å². The van der Waals surface area contributed by atoms with Crippen LogP contribution in [-0.4, -0.2) is 56.8 Å². The Hall–Kier alpha value is -1.25. The van der Waals surface area contributed by atoms with Crippen molar-refractivity contribution in [1.29, 1.82) is 0 Å². The smallest absolute Gasteiger partial charge is 0.162 e. The number of hydrogen-bond acceptors (Lipinski definition) is 7. The quantitative estimate of drug-likeness (QED) is 0.626. The van der Waals surface area contributed by atoms with E-state index in [1.54, 1.807) is 13.2 Å². The summed E-state index contributed by atoms with van der Waals surface area (Å²) >= 11 is 0. The molecule has 7 nitrogen and oxygen atoms in total. The van der Waals surface area contributed by atoms with Gasteiger partial charge in [0.15, 0.2) is 15.6 Å². The number of aromatic nitrogens is 1. The molecule has 2 heterocycles. The van der Waals surface area contributed by atoms with Gasteiger partial charge in [0.2, 0.25) is 0 Å². The Labute approximate surface area is 161 Å². The number of nitrogens with zero attached hydrogens (tertiary/aromatic N) is 1. The maximum atomic E-state index is 12.9. The molecule has 1 saturated heterocycles. The monoisotopic (exact) mass is 401 g/mol. The van der Waals surface area contributed by atoms with Crippen LogP contribution in [0.1, 0.15) is 52.0 Å². The largest absolute Gasteiger partial charge is 0.384 e. The predicted molar refractivity (Wildman–Crippen MR) is 102 cm³/mol. The lowest BCUT2D eigenvalue weighted by atomic mass is 9.90. The van der Waals surface area contributed by atoms with E-state index in [1.807, 2.05) is 13.8 Å². The molecule has 0 N–H and O–H groups in total. The molecule has 0 radical (unpaired) electrons. The molecule has 1 aliphatic rings. The minimum atomic E-state index is -3.60. The normalized spacial score (nSPS) is 17.2. The van der Waals surface area contributed by atoms with E-state index in [-0.39, 0.29) is 29.3 Å². The Morgan fingerprint density at radius 3 is 2.48 bits per heavy atom. The fourth-order valence-corrected chi connectivity index (χ4v) is 4.92. The van der Waals surface area contributed by atoms with Crippen molar-refractivity contribution >= 4 is 15.6 Å². The van der Waals surface area contributed by atoms with Gasteiger partial charge in [0.25, 0.3) is 0 Å². The summed E-state index contributed by atoms with van der Waals surface area (Å²) in [7, 11) is -1.99. The van der Waals surface area contributed by atoms with Crippen LogP contribution in [0.25, 0.3) is 0 Å². The summed E-state index contributed by atoms with van der Waals surface area (Å²) in [6.45, 7) is 8.49. The molecule has 8 heteroatoms. The van der Waals surface area contributed by atoms with Gasteiger partial charge in [-0.15, -0.1) is 0 Å². The van der Waals surface area contributed by atoms with Gasteiger partial charge in [-0.25, -0.2) is 8.42 Å². The van der Waals surface area contributed by atoms with Crippen LogP contribution in [0.5, 0.6) is 0 Å². The van der Waals surface area contributed by atoms with Crippen LogP contribution in [0, 0.1) is 5.92 Å². The Balaban J connectivity index is 2.08. The minimum Gasteiger partial charge on any atom is -0.384 e. The molecule has 1 aromatic rings. The zero-order valence-electron chi connectivity index (χ0n) is 16.9. The van der Waals surface area contributed by atoms with E-state index in [4.69, 9.17) is 14.0 Å². The second-order valence-corrected chi connectivity index (χ2v) is 11.0. The zero-order chi connectivity index (χ0) is 20.3. The number of methoxy groups -OCH3 is 1. The van der Waals surface area contributed by atoms with Gasteiger partial charge in [-0.3, -0.25) is 4.79 Å². The summed E-state index contributed by atoms with van der Waals surface area (Å²) in [6, 6.07) is 1.71. The van der Waals surface area contributed by atoms with Gasteiger partial charge in [0.1, 0.15) is 10.5 Å². The van der Waals surface area contributed by atoms with Gasteiger partial charge in [0, 0.05) is 31.8 Å². The molecular formula is C19H31NO6S. The van der Waals surface area contributed by atoms with Crippen molar-refractivity contribution in [2.24, 2.45) is 5.92 Å². The van der Waals surface area contributed by atoms with E-state index in [0.717, 1.165) is 0 Å². The second-order valence-electron chi connectivity index (χ2n) is 8.44. The molecule has 0 amide bonds. The molecule has 2 rings (SSSR count). The zero-order valence-corrected chi connectivity index (χ0v) is 17.7. The summed E-state index contributed by atoms with van der Waals surface area (Å²) in [5.41, 5.74) is 0.319. The highest BCUT2D eigenvalue weighted by atomic mass is 32.2. The topological polar surface area (TPSA) is 95.7 Å². The van der Waals surface area contributed by atoms with E-state index < -0.39 is 14.6 Å². The van der Waals surface area contributed by atoms with Crippen LogP contribution in [0.15, 0.2) is 10.6 Å². The lowest BCUT2D eigenvalue weighted by molar-refractivity contribution is -0.120. The average Bonchev–Trinajstić information content (AvgIpc) is 3.04. The highest BCUT2D eigenvalue weighted by Gasteiger charge is 2.42. The minimum absolute atomic E-state index is 0.0115. The second kappa shape index (κ2) is 8.41. The third-order valence-electron chi connectivity index (χ3n) is 5.34. The maximum absolute atomic E-state index is 12.9. The number of hydrogen-bond donors (Lipinski definition) is 0. The highest BCUT2D eigenvalue weighted by molar-refractivity contribution is 7.93. The molecule has 0 aliphatic carbocycles. The van der Waals surface area contributed by atoms with Crippen molar-refractivity contribution in [3.63, 3.8) is 0 Å². The molecule has 0 atom stereocenters. The van der Waals surface area contributed by atoms with Crippen molar-refractivity contribution in [3.05, 3.63) is 17.5 Å². The lowest BCUT2D eigenvalue weighted by Gasteiger charge is -2.28. The Kier molecular flexibility index (Phi) is 6.86. The molecule has 0 bridgehead atoms. The first-order valence-corrected chi connectivity index (χ1v) is 10.9. The highest BCUT2D eigenvalue weighted by Crippen LogP contribution is 2.28. The Morgan fingerprint density at radius 2 is 1.89 bits per heavy atom. The fourth-order valence-electron chi connectivity index (χ4n) is 3.13. The van der Waals surface area contributed by atoms with Gasteiger partial charge in [-0.2, -0.15) is 0 Å². The van der Waals surface area contributed by atoms with E-state index in [2.05, 4.69) is 5.16 Å². The van der Waals surface area contributed by atoms with Crippen molar-refractivity contribution in [2.45, 2.75) is 57.1 Å². The molecule has 1 aliphatic heterocycles. The number of carbonyl (C=O) groups excluding carboxylic acids is 1. The van der Waals surface area contributed by atoms with Crippen LogP contribution in [0.3, 0.4) is 0 Å². The Morgan fingerprint density at radius 1 is 1.26 bits per heavy atom. The van der Waals surface area contributed by atoms with Crippen LogP contribution in [0.2, 0.25) is 0 Å². The van der Waals surface area contributed by atoms with Crippen LogP contribution < -0.4 is 0 Å². The number of ketones is 1. The first kappa shape index (κ1) is 22.0. The van der Waals surface area contributed by atoms with Gasteiger partial charge in [0.05, 0.1) is 24.5 Å². The molecule has 1 fully saturated rings. The average molecular weight is 402 g/mol. The summed E-state index contributed by atoms with van der Waals surface area (Å²) in [5.74, 6) is 0.0373. The number of ether oxygens (including phenoxy) is 2. The number of rotatable bonds is 9. The van der Waals surface area contributed by atoms with Crippen molar-refractivity contribution in [1.82, 2.24) is 5.16 Å². The Bertz CT molecular complexity index is 744. The van der Waals surface area contributed by atoms with Crippen LogP contribution in [-0.2, 0) is 35.9 Å². The first-order chi connectivity index (χ1) is 12.5. The predicted octanol–water partition coefficient (Wildman–Crippen LogP) is 2.33. The third kappa shape index (κ3) is 5.18. The van der Waals surface area contributed by atoms with Crippen LogP contribution >= 0.6 is 0 Å². The third-order valence-corrected chi connectivity index (χ3v) is 8.03. The molecule has 0 unspecified atom stereocenters. The molecular weight excluding hydrogens is 370 g/mol. The number of Topliss-reactive ketones (excluding diaryl/α,β-unsaturated/α-hetero) is 1. The molecule has 1 aromatic heterocycles. The van der Waals surface area contributed by atoms with Gasteiger partial charge in [-0.1, -0.05) is 19.0 Å². The first-order valence-electron chi connectivity index (χ1n) is 9.28. The molecule has 154 valence electrons. The maximum Gasteiger partial charge on any atom is 0.162 e. The molecule has 27 heavy (non-hydrogen) atoms. The van der Waals surface area contributed by atoms with Gasteiger partial charge in [-0.05, 0) is 32.6 Å². The fraction of sp³-hybridized carbons (Fsp3) is 0.789.